The van der Waals surface area contributed by atoms with E-state index in [0.29, 0.717) is 18.0 Å². The van der Waals surface area contributed by atoms with E-state index in [4.69, 9.17) is 5.41 Å². The average Bonchev–Trinajstić information content (AvgIpc) is 2.98. The number of aliphatic hydroxyl groups is 1. The van der Waals surface area contributed by atoms with E-state index >= 15 is 0 Å². The van der Waals surface area contributed by atoms with Crippen molar-refractivity contribution in [3.63, 3.8) is 0 Å². The highest BCUT2D eigenvalue weighted by atomic mass is 32.1. The first-order valence-corrected chi connectivity index (χ1v) is 8.83. The van der Waals surface area contributed by atoms with Crippen LogP contribution in [0.15, 0.2) is 30.0 Å². The third kappa shape index (κ3) is 2.84. The van der Waals surface area contributed by atoms with Crippen LogP contribution >= 0.6 is 11.3 Å². The second-order valence-electron chi connectivity index (χ2n) is 7.21. The quantitative estimate of drug-likeness (QED) is 0.823. The van der Waals surface area contributed by atoms with Gasteiger partial charge in [-0.25, -0.2) is 4.98 Å². The Morgan fingerprint density at radius 3 is 2.29 bits per heavy atom. The van der Waals surface area contributed by atoms with E-state index in [1.165, 1.54) is 16.9 Å². The second-order valence-corrected chi connectivity index (χ2v) is 8.42. The molecule has 2 N–H and O–H groups in total. The Kier molecular flexibility index (Phi) is 4.00. The molecule has 4 nitrogen and oxygen atoms in total. The van der Waals surface area contributed by atoms with Crippen LogP contribution < -0.4 is 4.90 Å². The number of hydrogen-bond donors (Lipinski definition) is 2. The molecule has 1 aromatic carbocycles. The zero-order chi connectivity index (χ0) is 17.6. The van der Waals surface area contributed by atoms with E-state index in [2.05, 4.69) is 37.9 Å². The number of thiazole rings is 1. The predicted octanol–water partition coefficient (Wildman–Crippen LogP) is 4.82. The van der Waals surface area contributed by atoms with Crippen LogP contribution in [0, 0.1) is 19.3 Å². The number of nitrogens with one attached hydrogen (secondary N) is 1. The molecular weight excluding hydrogens is 318 g/mol. The highest BCUT2D eigenvalue weighted by Gasteiger charge is 2.31. The number of aryl methyl sites for hydroxylation is 2. The van der Waals surface area contributed by atoms with Gasteiger partial charge in [0.25, 0.3) is 0 Å². The summed E-state index contributed by atoms with van der Waals surface area (Å²) in [4.78, 5) is 7.44. The van der Waals surface area contributed by atoms with Gasteiger partial charge in [0.05, 0.1) is 17.8 Å². The molecule has 24 heavy (non-hydrogen) atoms. The van der Waals surface area contributed by atoms with Gasteiger partial charge in [-0.1, -0.05) is 32.9 Å². The summed E-state index contributed by atoms with van der Waals surface area (Å²) < 4.78 is 0. The highest BCUT2D eigenvalue weighted by molar-refractivity contribution is 7.13. The predicted molar refractivity (Wildman–Crippen MR) is 101 cm³/mol. The molecule has 2 heterocycles. The summed E-state index contributed by atoms with van der Waals surface area (Å²) in [5.41, 5.74) is 3.77. The SMILES string of the molecule is Cc1nc(C2=C(O)CN(c3ccc(C(C)(C)C)cc3)C2=N)sc1C. The zero-order valence-electron chi connectivity index (χ0n) is 14.8. The van der Waals surface area contributed by atoms with Gasteiger partial charge < -0.3 is 10.0 Å². The van der Waals surface area contributed by atoms with Gasteiger partial charge in [0.15, 0.2) is 0 Å². The van der Waals surface area contributed by atoms with E-state index in [1.807, 2.05) is 30.9 Å². The number of amidine groups is 1. The molecular formula is C19H23N3OS. The molecule has 0 fully saturated rings. The van der Waals surface area contributed by atoms with E-state index in [-0.39, 0.29) is 11.2 Å². The van der Waals surface area contributed by atoms with Gasteiger partial charge in [0.2, 0.25) is 0 Å². The lowest BCUT2D eigenvalue weighted by Gasteiger charge is -2.22. The van der Waals surface area contributed by atoms with Gasteiger partial charge in [0.1, 0.15) is 16.6 Å². The van der Waals surface area contributed by atoms with Gasteiger partial charge in [-0.2, -0.15) is 0 Å². The first-order chi connectivity index (χ1) is 11.2. The maximum absolute atomic E-state index is 10.4. The van der Waals surface area contributed by atoms with Gasteiger partial charge in [-0.05, 0) is 37.0 Å². The third-order valence-electron chi connectivity index (χ3n) is 4.39. The molecule has 0 bridgehead atoms. The molecule has 1 aliphatic rings. The number of hydrogen-bond acceptors (Lipinski definition) is 4. The van der Waals surface area contributed by atoms with Crippen LogP contribution in [0.1, 0.15) is 41.9 Å². The topological polar surface area (TPSA) is 60.2 Å². The van der Waals surface area contributed by atoms with E-state index in [0.717, 1.165) is 21.3 Å². The minimum Gasteiger partial charge on any atom is -0.510 e. The van der Waals surface area contributed by atoms with Crippen molar-refractivity contribution in [3.8, 4) is 0 Å². The van der Waals surface area contributed by atoms with Crippen LogP contribution in [0.2, 0.25) is 0 Å². The first kappa shape index (κ1) is 16.7. The fourth-order valence-electron chi connectivity index (χ4n) is 2.75. The van der Waals surface area contributed by atoms with Crippen molar-refractivity contribution < 1.29 is 5.11 Å². The van der Waals surface area contributed by atoms with Crippen LogP contribution in [-0.2, 0) is 5.41 Å². The third-order valence-corrected chi connectivity index (χ3v) is 5.48. The lowest BCUT2D eigenvalue weighted by atomic mass is 9.87. The van der Waals surface area contributed by atoms with Crippen molar-refractivity contribution >= 4 is 28.4 Å². The van der Waals surface area contributed by atoms with Crippen molar-refractivity contribution in [1.82, 2.24) is 4.98 Å². The minimum absolute atomic E-state index is 0.0958. The van der Waals surface area contributed by atoms with Crippen LogP contribution in [0.5, 0.6) is 0 Å². The van der Waals surface area contributed by atoms with Gasteiger partial charge in [-0.15, -0.1) is 11.3 Å². The maximum Gasteiger partial charge on any atom is 0.139 e. The summed E-state index contributed by atoms with van der Waals surface area (Å²) >= 11 is 1.53. The molecule has 3 rings (SSSR count). The molecule has 0 aliphatic carbocycles. The molecule has 0 saturated heterocycles. The number of anilines is 1. The summed E-state index contributed by atoms with van der Waals surface area (Å²) in [5.74, 6) is 0.526. The zero-order valence-corrected chi connectivity index (χ0v) is 15.6. The second kappa shape index (κ2) is 5.74. The molecule has 0 amide bonds. The largest absolute Gasteiger partial charge is 0.510 e. The van der Waals surface area contributed by atoms with Crippen molar-refractivity contribution in [1.29, 1.82) is 5.41 Å². The molecule has 0 saturated carbocycles. The number of aliphatic hydroxyl groups excluding tert-OH is 1. The van der Waals surface area contributed by atoms with Crippen LogP contribution in [0.4, 0.5) is 5.69 Å². The molecule has 2 aromatic rings. The average molecular weight is 341 g/mol. The minimum atomic E-state index is 0.0958. The summed E-state index contributed by atoms with van der Waals surface area (Å²) in [7, 11) is 0. The van der Waals surface area contributed by atoms with Gasteiger partial charge in [0, 0.05) is 10.6 Å². The van der Waals surface area contributed by atoms with E-state index in [9.17, 15) is 5.11 Å². The fourth-order valence-corrected chi connectivity index (χ4v) is 3.73. The van der Waals surface area contributed by atoms with Crippen LogP contribution in [0.3, 0.4) is 0 Å². The normalized spacial score (nSPS) is 15.5. The lowest BCUT2D eigenvalue weighted by molar-refractivity contribution is 0.411. The Morgan fingerprint density at radius 2 is 1.79 bits per heavy atom. The van der Waals surface area contributed by atoms with Crippen LogP contribution in [0.25, 0.3) is 5.57 Å². The maximum atomic E-state index is 10.4. The Labute approximate surface area is 147 Å². The molecule has 5 heteroatoms. The Hall–Kier alpha value is -2.14. The summed E-state index contributed by atoms with van der Waals surface area (Å²) in [6, 6.07) is 8.22. The standard InChI is InChI=1S/C19H23N3OS/c1-11-12(2)24-18(21-11)16-15(23)10-22(17(16)20)14-8-6-13(7-9-14)19(3,4)5/h6-9,20,23H,10H2,1-5H3. The molecule has 126 valence electrons. The Morgan fingerprint density at radius 1 is 1.17 bits per heavy atom. The smallest absolute Gasteiger partial charge is 0.139 e. The number of benzene rings is 1. The molecule has 0 spiro atoms. The van der Waals surface area contributed by atoms with E-state index in [1.54, 1.807) is 0 Å². The van der Waals surface area contributed by atoms with Crippen molar-refractivity contribution in [2.75, 3.05) is 11.4 Å². The molecule has 1 aliphatic heterocycles. The van der Waals surface area contributed by atoms with Crippen molar-refractivity contribution in [2.45, 2.75) is 40.0 Å². The molecule has 0 unspecified atom stereocenters. The number of aromatic nitrogens is 1. The highest BCUT2D eigenvalue weighted by Crippen LogP contribution is 2.34. The van der Waals surface area contributed by atoms with Gasteiger partial charge >= 0.3 is 0 Å². The van der Waals surface area contributed by atoms with Crippen LogP contribution in [-0.4, -0.2) is 22.5 Å². The van der Waals surface area contributed by atoms with Crippen molar-refractivity contribution in [2.24, 2.45) is 0 Å². The van der Waals surface area contributed by atoms with Crippen molar-refractivity contribution in [3.05, 3.63) is 51.2 Å². The number of rotatable bonds is 2. The van der Waals surface area contributed by atoms with Gasteiger partial charge in [-0.3, -0.25) is 5.41 Å². The first-order valence-electron chi connectivity index (χ1n) is 8.02. The molecule has 0 radical (unpaired) electrons. The monoisotopic (exact) mass is 341 g/mol. The Balaban J connectivity index is 1.90. The van der Waals surface area contributed by atoms with E-state index < -0.39 is 0 Å². The summed E-state index contributed by atoms with van der Waals surface area (Å²) in [6.07, 6.45) is 0. The summed E-state index contributed by atoms with van der Waals surface area (Å²) in [6.45, 7) is 10.8. The summed E-state index contributed by atoms with van der Waals surface area (Å²) in [5, 5.41) is 19.6. The molecule has 0 atom stereocenters. The lowest BCUT2D eigenvalue weighted by Crippen LogP contribution is -2.26. The molecule has 1 aromatic heterocycles. The fraction of sp³-hybridized carbons (Fsp3) is 0.368. The Bertz CT molecular complexity index is 806. The number of nitrogens with zero attached hydrogens (tertiary/aromatic N) is 2.